The van der Waals surface area contributed by atoms with E-state index in [4.69, 9.17) is 11.6 Å². The Hall–Kier alpha value is -0.540. The van der Waals surface area contributed by atoms with Gasteiger partial charge in [-0.1, -0.05) is 46.8 Å². The highest BCUT2D eigenvalue weighted by Crippen LogP contribution is 2.25. The smallest absolute Gasteiger partial charge is 0.253 e. The highest BCUT2D eigenvalue weighted by atomic mass is 79.9. The minimum absolute atomic E-state index is 0.0603. The minimum atomic E-state index is 0.0603. The molecule has 1 fully saturated rings. The van der Waals surface area contributed by atoms with E-state index in [2.05, 4.69) is 15.9 Å². The first-order valence-electron chi connectivity index (χ1n) is 6.31. The lowest BCUT2D eigenvalue weighted by molar-refractivity contribution is 0.0696. The first kappa shape index (κ1) is 13.9. The Morgan fingerprint density at radius 2 is 1.94 bits per heavy atom. The molecule has 0 N–H and O–H groups in total. The Morgan fingerprint density at radius 3 is 2.56 bits per heavy atom. The number of hydrogen-bond acceptors (Lipinski definition) is 1. The summed E-state index contributed by atoms with van der Waals surface area (Å²) in [5.74, 6) is 0.0603. The lowest BCUT2D eigenvalue weighted by Crippen LogP contribution is -2.38. The second-order valence-corrected chi connectivity index (χ2v) is 6.22. The minimum Gasteiger partial charge on any atom is -0.339 e. The number of halogens is 2. The van der Waals surface area contributed by atoms with Crippen LogP contribution >= 0.6 is 27.5 Å². The number of benzene rings is 1. The second-order valence-electron chi connectivity index (χ2n) is 4.87. The van der Waals surface area contributed by atoms with Crippen molar-refractivity contribution in [1.82, 2.24) is 4.90 Å². The Kier molecular flexibility index (Phi) is 4.68. The molecule has 1 aromatic carbocycles. The average molecular weight is 331 g/mol. The van der Waals surface area contributed by atoms with Crippen LogP contribution in [0.1, 0.15) is 42.5 Å². The fraction of sp³-hybridized carbons (Fsp3) is 0.500. The summed E-state index contributed by atoms with van der Waals surface area (Å²) in [6.45, 7) is 0. The SMILES string of the molecule is CN(C(=O)c1cc(Cl)cc(Br)c1)C1CCCCC1. The highest BCUT2D eigenvalue weighted by Gasteiger charge is 2.23. The molecule has 0 unspecified atom stereocenters. The highest BCUT2D eigenvalue weighted by molar-refractivity contribution is 9.10. The molecule has 1 aromatic rings. The quantitative estimate of drug-likeness (QED) is 0.781. The molecule has 1 aliphatic rings. The summed E-state index contributed by atoms with van der Waals surface area (Å²) in [4.78, 5) is 14.3. The molecule has 0 bridgehead atoms. The molecule has 2 rings (SSSR count). The third-order valence-corrected chi connectivity index (χ3v) is 4.23. The number of hydrogen-bond donors (Lipinski definition) is 0. The first-order chi connectivity index (χ1) is 8.58. The van der Waals surface area contributed by atoms with Gasteiger partial charge in [0.15, 0.2) is 0 Å². The summed E-state index contributed by atoms with van der Waals surface area (Å²) in [7, 11) is 1.90. The van der Waals surface area contributed by atoms with Crippen LogP contribution < -0.4 is 0 Å². The summed E-state index contributed by atoms with van der Waals surface area (Å²) in [6, 6.07) is 5.73. The number of nitrogens with zero attached hydrogens (tertiary/aromatic N) is 1. The van der Waals surface area contributed by atoms with Crippen molar-refractivity contribution in [1.29, 1.82) is 0 Å². The number of rotatable bonds is 2. The van der Waals surface area contributed by atoms with Crippen LogP contribution in [-0.2, 0) is 0 Å². The van der Waals surface area contributed by atoms with Gasteiger partial charge in [0.1, 0.15) is 0 Å². The van der Waals surface area contributed by atoms with Gasteiger partial charge in [-0.3, -0.25) is 4.79 Å². The fourth-order valence-electron chi connectivity index (χ4n) is 2.52. The van der Waals surface area contributed by atoms with Crippen molar-refractivity contribution in [3.63, 3.8) is 0 Å². The summed E-state index contributed by atoms with van der Waals surface area (Å²) >= 11 is 9.36. The number of carbonyl (C=O) groups excluding carboxylic acids is 1. The molecule has 1 aliphatic carbocycles. The maximum absolute atomic E-state index is 12.4. The van der Waals surface area contributed by atoms with Crippen LogP contribution in [0.25, 0.3) is 0 Å². The molecule has 0 heterocycles. The molecule has 0 radical (unpaired) electrons. The number of amides is 1. The molecular weight excluding hydrogens is 314 g/mol. The third kappa shape index (κ3) is 3.27. The van der Waals surface area contributed by atoms with Gasteiger partial charge in [-0.05, 0) is 31.0 Å². The van der Waals surface area contributed by atoms with E-state index in [1.165, 1.54) is 19.3 Å². The topological polar surface area (TPSA) is 20.3 Å². The van der Waals surface area contributed by atoms with Crippen molar-refractivity contribution in [2.24, 2.45) is 0 Å². The molecule has 0 saturated heterocycles. The Balaban J connectivity index is 2.14. The summed E-state index contributed by atoms with van der Waals surface area (Å²) < 4.78 is 0.843. The van der Waals surface area contributed by atoms with Crippen molar-refractivity contribution in [3.8, 4) is 0 Å². The number of carbonyl (C=O) groups is 1. The van der Waals surface area contributed by atoms with Gasteiger partial charge in [-0.2, -0.15) is 0 Å². The van der Waals surface area contributed by atoms with Crippen molar-refractivity contribution >= 4 is 33.4 Å². The van der Waals surface area contributed by atoms with Crippen LogP contribution in [0.5, 0.6) is 0 Å². The van der Waals surface area contributed by atoms with Crippen molar-refractivity contribution in [2.45, 2.75) is 38.1 Å². The molecule has 4 heteroatoms. The third-order valence-electron chi connectivity index (χ3n) is 3.55. The Morgan fingerprint density at radius 1 is 1.28 bits per heavy atom. The van der Waals surface area contributed by atoms with Gasteiger partial charge in [0.25, 0.3) is 5.91 Å². The summed E-state index contributed by atoms with van der Waals surface area (Å²) in [5, 5.41) is 0.588. The zero-order valence-corrected chi connectivity index (χ0v) is 12.8. The molecule has 0 spiro atoms. The van der Waals surface area contributed by atoms with Crippen LogP contribution in [0, 0.1) is 0 Å². The summed E-state index contributed by atoms with van der Waals surface area (Å²) in [5.41, 5.74) is 0.655. The van der Waals surface area contributed by atoms with E-state index >= 15 is 0 Å². The second kappa shape index (κ2) is 6.07. The lowest BCUT2D eigenvalue weighted by atomic mass is 9.94. The zero-order chi connectivity index (χ0) is 13.1. The molecular formula is C14H17BrClNO. The van der Waals surface area contributed by atoms with Gasteiger partial charge < -0.3 is 4.90 Å². The van der Waals surface area contributed by atoms with Crippen LogP contribution in [-0.4, -0.2) is 23.9 Å². The molecule has 2 nitrogen and oxygen atoms in total. The van der Waals surface area contributed by atoms with Gasteiger partial charge in [-0.15, -0.1) is 0 Å². The van der Waals surface area contributed by atoms with Gasteiger partial charge in [0, 0.05) is 28.1 Å². The van der Waals surface area contributed by atoms with Crippen LogP contribution in [0.2, 0.25) is 5.02 Å². The molecule has 0 aliphatic heterocycles. The standard InChI is InChI=1S/C14H17BrClNO/c1-17(13-5-3-2-4-6-13)14(18)10-7-11(15)9-12(16)8-10/h7-9,13H,2-6H2,1H3. The van der Waals surface area contributed by atoms with Crippen molar-refractivity contribution < 1.29 is 4.79 Å². The molecule has 1 amide bonds. The largest absolute Gasteiger partial charge is 0.339 e. The van der Waals surface area contributed by atoms with Crippen molar-refractivity contribution in [3.05, 3.63) is 33.3 Å². The summed E-state index contributed by atoms with van der Waals surface area (Å²) in [6.07, 6.45) is 5.97. The average Bonchev–Trinajstić information content (AvgIpc) is 2.37. The normalized spacial score (nSPS) is 16.6. The molecule has 1 saturated carbocycles. The first-order valence-corrected chi connectivity index (χ1v) is 7.48. The van der Waals surface area contributed by atoms with Gasteiger partial charge in [0.2, 0.25) is 0 Å². The maximum atomic E-state index is 12.4. The van der Waals surface area contributed by atoms with Crippen LogP contribution in [0.3, 0.4) is 0 Å². The molecule has 18 heavy (non-hydrogen) atoms. The van der Waals surface area contributed by atoms with Gasteiger partial charge >= 0.3 is 0 Å². The van der Waals surface area contributed by atoms with Gasteiger partial charge in [-0.25, -0.2) is 0 Å². The molecule has 98 valence electrons. The van der Waals surface area contributed by atoms with E-state index in [1.54, 1.807) is 12.1 Å². The van der Waals surface area contributed by atoms with E-state index in [0.717, 1.165) is 17.3 Å². The molecule has 0 atom stereocenters. The van der Waals surface area contributed by atoms with E-state index in [-0.39, 0.29) is 5.91 Å². The van der Waals surface area contributed by atoms with E-state index < -0.39 is 0 Å². The van der Waals surface area contributed by atoms with E-state index in [9.17, 15) is 4.79 Å². The Labute approximate surface area is 121 Å². The zero-order valence-electron chi connectivity index (χ0n) is 10.5. The van der Waals surface area contributed by atoms with Crippen LogP contribution in [0.4, 0.5) is 0 Å². The predicted octanol–water partition coefficient (Wildman–Crippen LogP) is 4.51. The van der Waals surface area contributed by atoms with E-state index in [1.807, 2.05) is 18.0 Å². The maximum Gasteiger partial charge on any atom is 0.253 e. The Bertz CT molecular complexity index is 423. The van der Waals surface area contributed by atoms with E-state index in [0.29, 0.717) is 16.6 Å². The van der Waals surface area contributed by atoms with Gasteiger partial charge in [0.05, 0.1) is 0 Å². The monoisotopic (exact) mass is 329 g/mol. The lowest BCUT2D eigenvalue weighted by Gasteiger charge is -2.31. The molecule has 0 aromatic heterocycles. The fourth-order valence-corrected chi connectivity index (χ4v) is 3.38. The predicted molar refractivity (Wildman–Crippen MR) is 78.1 cm³/mol. The van der Waals surface area contributed by atoms with Crippen LogP contribution in [0.15, 0.2) is 22.7 Å². The van der Waals surface area contributed by atoms with Crippen molar-refractivity contribution in [2.75, 3.05) is 7.05 Å².